The van der Waals surface area contributed by atoms with Gasteiger partial charge in [-0.15, -0.1) is 6.58 Å². The van der Waals surface area contributed by atoms with Crippen molar-refractivity contribution in [1.82, 2.24) is 0 Å². The molecule has 0 aromatic heterocycles. The van der Waals surface area contributed by atoms with Crippen LogP contribution in [-0.2, 0) is 14.2 Å². The summed E-state index contributed by atoms with van der Waals surface area (Å²) in [7, 11) is 1.66. The Morgan fingerprint density at radius 3 is 1.43 bits per heavy atom. The Bertz CT molecular complexity index is 671. The van der Waals surface area contributed by atoms with Gasteiger partial charge >= 0.3 is 0 Å². The number of allylic oxidation sites excluding steroid dienone is 1. The van der Waals surface area contributed by atoms with Crippen molar-refractivity contribution in [2.45, 2.75) is 159 Å². The smallest absolute Gasteiger partial charge is 0.113 e. The number of rotatable bonds is 16. The Hall–Kier alpha value is -0.420. The van der Waals surface area contributed by atoms with Gasteiger partial charge in [-0.2, -0.15) is 0 Å². The molecule has 0 aromatic rings. The molecule has 0 amide bonds. The van der Waals surface area contributed by atoms with Gasteiger partial charge in [0.05, 0.1) is 23.9 Å². The molecule has 4 atom stereocenters. The fourth-order valence-electron chi connectivity index (χ4n) is 6.91. The van der Waals surface area contributed by atoms with Crippen LogP contribution in [0.5, 0.6) is 0 Å². The van der Waals surface area contributed by atoms with E-state index >= 15 is 0 Å². The van der Waals surface area contributed by atoms with E-state index in [4.69, 9.17) is 14.2 Å². The molecule has 222 valence electrons. The Morgan fingerprint density at radius 2 is 1.11 bits per heavy atom. The van der Waals surface area contributed by atoms with E-state index in [1.165, 1.54) is 0 Å². The Balaban J connectivity index is 6.52. The van der Waals surface area contributed by atoms with Crippen LogP contribution in [0.25, 0.3) is 0 Å². The van der Waals surface area contributed by atoms with Crippen LogP contribution < -0.4 is 0 Å². The first-order valence-electron chi connectivity index (χ1n) is 14.4. The van der Waals surface area contributed by atoms with E-state index in [1.54, 1.807) is 7.11 Å². The van der Waals surface area contributed by atoms with Gasteiger partial charge < -0.3 is 19.3 Å². The summed E-state index contributed by atoms with van der Waals surface area (Å²) in [5.74, 6) is 0.175. The van der Waals surface area contributed by atoms with E-state index in [0.29, 0.717) is 0 Å². The predicted octanol–water partition coefficient (Wildman–Crippen LogP) is 8.85. The van der Waals surface area contributed by atoms with E-state index < -0.39 is 17.8 Å². The quantitative estimate of drug-likeness (QED) is 0.204. The summed E-state index contributed by atoms with van der Waals surface area (Å²) in [6.45, 7) is 37.5. The molecule has 4 unspecified atom stereocenters. The molecule has 0 aliphatic rings. The van der Waals surface area contributed by atoms with Crippen LogP contribution in [0, 0.1) is 27.6 Å². The van der Waals surface area contributed by atoms with Crippen molar-refractivity contribution in [3.8, 4) is 0 Å². The number of hydrogen-bond donors (Lipinski definition) is 1. The first kappa shape index (κ1) is 36.6. The first-order chi connectivity index (χ1) is 16.3. The van der Waals surface area contributed by atoms with Gasteiger partial charge in [-0.3, -0.25) is 0 Å². The molecular weight excluding hydrogens is 460 g/mol. The molecule has 4 heteroatoms. The number of aliphatic hydroxyl groups is 1. The van der Waals surface area contributed by atoms with Crippen molar-refractivity contribution in [1.29, 1.82) is 0 Å². The minimum absolute atomic E-state index is 0.0514. The molecule has 0 radical (unpaired) electrons. The second-order valence-corrected chi connectivity index (χ2v) is 16.8. The largest absolute Gasteiger partial charge is 0.394 e. The lowest BCUT2D eigenvalue weighted by Gasteiger charge is -2.46. The van der Waals surface area contributed by atoms with Crippen molar-refractivity contribution < 1.29 is 19.3 Å². The summed E-state index contributed by atoms with van der Waals surface area (Å²) in [6, 6.07) is 0. The standard InChI is InChI=1S/C33H66O4/c1-18-30(9,10)23-31(11,12)19-24(2)26(36-32(13,14)21-28(3,4)5)27(25(20-34)35-17)37-33(15,16)22-29(6,7)8/h18,24-27,34H,1,19-23H2,2-17H3. The molecule has 0 bridgehead atoms. The fourth-order valence-corrected chi connectivity index (χ4v) is 6.91. The molecule has 0 rings (SSSR count). The van der Waals surface area contributed by atoms with E-state index in [9.17, 15) is 5.11 Å². The lowest BCUT2D eigenvalue weighted by Crippen LogP contribution is -2.54. The average Bonchev–Trinajstić information content (AvgIpc) is 2.61. The molecule has 1 N–H and O–H groups in total. The molecular formula is C33H66O4. The van der Waals surface area contributed by atoms with E-state index in [1.807, 2.05) is 0 Å². The molecule has 0 saturated heterocycles. The van der Waals surface area contributed by atoms with Crippen molar-refractivity contribution in [2.75, 3.05) is 13.7 Å². The highest BCUT2D eigenvalue weighted by Gasteiger charge is 2.44. The molecule has 4 nitrogen and oxygen atoms in total. The number of methoxy groups -OCH3 is 1. The third-order valence-corrected chi connectivity index (χ3v) is 6.92. The third-order valence-electron chi connectivity index (χ3n) is 6.92. The molecule has 37 heavy (non-hydrogen) atoms. The number of aliphatic hydroxyl groups excluding tert-OH is 1. The van der Waals surface area contributed by atoms with Gasteiger partial charge in [0.1, 0.15) is 12.2 Å². The molecule has 0 aliphatic carbocycles. The number of hydrogen-bond acceptors (Lipinski definition) is 4. The normalized spacial score (nSPS) is 17.9. The second kappa shape index (κ2) is 13.3. The summed E-state index contributed by atoms with van der Waals surface area (Å²) in [5, 5.41) is 10.4. The average molecular weight is 527 g/mol. The summed E-state index contributed by atoms with van der Waals surface area (Å²) in [6.07, 6.45) is 4.69. The molecule has 0 aromatic carbocycles. The van der Waals surface area contributed by atoms with E-state index in [-0.39, 0.29) is 45.9 Å². The summed E-state index contributed by atoms with van der Waals surface area (Å²) < 4.78 is 19.8. The van der Waals surface area contributed by atoms with Crippen LogP contribution in [0.3, 0.4) is 0 Å². The van der Waals surface area contributed by atoms with Gasteiger partial charge in [-0.25, -0.2) is 0 Å². The minimum atomic E-state index is -0.482. The van der Waals surface area contributed by atoms with Crippen molar-refractivity contribution in [3.63, 3.8) is 0 Å². The minimum Gasteiger partial charge on any atom is -0.394 e. The highest BCUT2D eigenvalue weighted by molar-refractivity contribution is 4.95. The first-order valence-corrected chi connectivity index (χ1v) is 14.4. The van der Waals surface area contributed by atoms with Crippen LogP contribution in [-0.4, -0.2) is 48.3 Å². The van der Waals surface area contributed by atoms with Crippen LogP contribution in [0.4, 0.5) is 0 Å². The van der Waals surface area contributed by atoms with Gasteiger partial charge in [0.15, 0.2) is 0 Å². The van der Waals surface area contributed by atoms with Crippen molar-refractivity contribution in [3.05, 3.63) is 12.7 Å². The Morgan fingerprint density at radius 1 is 0.703 bits per heavy atom. The maximum absolute atomic E-state index is 10.4. The van der Waals surface area contributed by atoms with Gasteiger partial charge in [0.25, 0.3) is 0 Å². The zero-order valence-corrected chi connectivity index (χ0v) is 27.8. The lowest BCUT2D eigenvalue weighted by molar-refractivity contribution is -0.230. The maximum Gasteiger partial charge on any atom is 0.113 e. The van der Waals surface area contributed by atoms with Gasteiger partial charge in [0.2, 0.25) is 0 Å². The zero-order valence-electron chi connectivity index (χ0n) is 27.8. The van der Waals surface area contributed by atoms with E-state index in [2.05, 4.69) is 117 Å². The number of ether oxygens (including phenoxy) is 3. The van der Waals surface area contributed by atoms with Crippen LogP contribution in [0.1, 0.15) is 130 Å². The fraction of sp³-hybridized carbons (Fsp3) is 0.939. The summed E-state index contributed by atoms with van der Waals surface area (Å²) in [5.41, 5.74) is -0.447. The van der Waals surface area contributed by atoms with Crippen LogP contribution >= 0.6 is 0 Å². The second-order valence-electron chi connectivity index (χ2n) is 16.8. The SMILES string of the molecule is C=CC(C)(C)CC(C)(C)CC(C)C(OC(C)(C)CC(C)(C)C)C(OC(C)(C)CC(C)(C)C)C(CO)OC. The molecule has 0 saturated carbocycles. The van der Waals surface area contributed by atoms with Crippen molar-refractivity contribution in [2.24, 2.45) is 27.6 Å². The van der Waals surface area contributed by atoms with Crippen LogP contribution in [0.2, 0.25) is 0 Å². The molecule has 0 aliphatic heterocycles. The van der Waals surface area contributed by atoms with Crippen LogP contribution in [0.15, 0.2) is 12.7 Å². The monoisotopic (exact) mass is 526 g/mol. The lowest BCUT2D eigenvalue weighted by atomic mass is 9.70. The molecule has 0 fully saturated rings. The van der Waals surface area contributed by atoms with Gasteiger partial charge in [-0.1, -0.05) is 82.2 Å². The Labute approximate surface area is 232 Å². The molecule has 0 spiro atoms. The Kier molecular flexibility index (Phi) is 13.1. The summed E-state index contributed by atoms with van der Waals surface area (Å²) in [4.78, 5) is 0. The predicted molar refractivity (Wildman–Crippen MR) is 160 cm³/mol. The maximum atomic E-state index is 10.4. The van der Waals surface area contributed by atoms with Crippen molar-refractivity contribution >= 4 is 0 Å². The van der Waals surface area contributed by atoms with Gasteiger partial charge in [-0.05, 0) is 81.0 Å². The third kappa shape index (κ3) is 15.1. The highest BCUT2D eigenvalue weighted by atomic mass is 16.6. The molecule has 0 heterocycles. The highest BCUT2D eigenvalue weighted by Crippen LogP contribution is 2.43. The topological polar surface area (TPSA) is 47.9 Å². The summed E-state index contributed by atoms with van der Waals surface area (Å²) >= 11 is 0. The van der Waals surface area contributed by atoms with Gasteiger partial charge in [0, 0.05) is 7.11 Å². The van der Waals surface area contributed by atoms with E-state index in [0.717, 1.165) is 25.7 Å². The zero-order chi connectivity index (χ0) is 29.7.